The average molecular weight is 404 g/mol. The van der Waals surface area contributed by atoms with Crippen LogP contribution in [0.3, 0.4) is 0 Å². The van der Waals surface area contributed by atoms with Gasteiger partial charge in [0.1, 0.15) is 5.75 Å². The molecular formula is C21H25NO5S. The second kappa shape index (κ2) is 8.03. The maximum absolute atomic E-state index is 13.0. The van der Waals surface area contributed by atoms with E-state index in [1.54, 1.807) is 24.3 Å². The second-order valence-corrected chi connectivity index (χ2v) is 9.18. The molecule has 3 rings (SSSR count). The van der Waals surface area contributed by atoms with Gasteiger partial charge >= 0.3 is 5.97 Å². The minimum Gasteiger partial charge on any atom is -0.423 e. The molecule has 1 fully saturated rings. The number of aryl methyl sites for hydroxylation is 2. The summed E-state index contributed by atoms with van der Waals surface area (Å²) in [5, 5.41) is 0. The Morgan fingerprint density at radius 2 is 1.71 bits per heavy atom. The van der Waals surface area contributed by atoms with Crippen LogP contribution in [0.15, 0.2) is 47.4 Å². The predicted octanol–water partition coefficient (Wildman–Crippen LogP) is 3.32. The zero-order valence-electron chi connectivity index (χ0n) is 16.5. The zero-order chi connectivity index (χ0) is 20.5. The molecule has 1 aliphatic heterocycles. The van der Waals surface area contributed by atoms with Crippen molar-refractivity contribution in [1.29, 1.82) is 0 Å². The number of sulfonamides is 1. The molecule has 0 radical (unpaired) electrons. The van der Waals surface area contributed by atoms with Crippen LogP contribution in [0.1, 0.15) is 35.3 Å². The summed E-state index contributed by atoms with van der Waals surface area (Å²) in [6.07, 6.45) is -0.368. The highest BCUT2D eigenvalue weighted by Crippen LogP contribution is 2.23. The zero-order valence-corrected chi connectivity index (χ0v) is 17.3. The number of rotatable bonds is 4. The van der Waals surface area contributed by atoms with Crippen LogP contribution in [0, 0.1) is 13.8 Å². The molecule has 150 valence electrons. The topological polar surface area (TPSA) is 72.9 Å². The van der Waals surface area contributed by atoms with Crippen molar-refractivity contribution in [2.24, 2.45) is 0 Å². The van der Waals surface area contributed by atoms with Crippen LogP contribution in [0.5, 0.6) is 5.75 Å². The highest BCUT2D eigenvalue weighted by molar-refractivity contribution is 7.89. The Kier molecular flexibility index (Phi) is 5.88. The van der Waals surface area contributed by atoms with Crippen LogP contribution in [-0.4, -0.2) is 44.0 Å². The molecule has 0 amide bonds. The third kappa shape index (κ3) is 4.43. The number of esters is 1. The van der Waals surface area contributed by atoms with Crippen LogP contribution in [0.4, 0.5) is 0 Å². The maximum atomic E-state index is 13.0. The van der Waals surface area contributed by atoms with Crippen molar-refractivity contribution in [2.75, 3.05) is 13.1 Å². The number of nitrogens with zero attached hydrogens (tertiary/aromatic N) is 1. The van der Waals surface area contributed by atoms with Crippen LogP contribution >= 0.6 is 0 Å². The molecule has 0 unspecified atom stereocenters. The molecule has 2 aromatic rings. The van der Waals surface area contributed by atoms with Crippen molar-refractivity contribution in [2.45, 2.75) is 44.8 Å². The molecule has 28 heavy (non-hydrogen) atoms. The number of ether oxygens (including phenoxy) is 2. The number of benzene rings is 2. The fourth-order valence-corrected chi connectivity index (χ4v) is 4.84. The van der Waals surface area contributed by atoms with Crippen LogP contribution in [0.25, 0.3) is 0 Å². The maximum Gasteiger partial charge on any atom is 0.343 e. The number of morpholine rings is 1. The number of hydrogen-bond donors (Lipinski definition) is 0. The normalized spacial score (nSPS) is 20.7. The Labute approximate surface area is 166 Å². The van der Waals surface area contributed by atoms with Gasteiger partial charge in [-0.25, -0.2) is 13.2 Å². The first kappa shape index (κ1) is 20.5. The lowest BCUT2D eigenvalue weighted by atomic mass is 10.1. The first-order chi connectivity index (χ1) is 13.2. The van der Waals surface area contributed by atoms with Gasteiger partial charge < -0.3 is 9.47 Å². The Balaban J connectivity index is 1.83. The van der Waals surface area contributed by atoms with Gasteiger partial charge in [-0.3, -0.25) is 0 Å². The Bertz CT molecular complexity index is 976. The summed E-state index contributed by atoms with van der Waals surface area (Å²) in [6.45, 7) is 8.16. The molecule has 1 saturated heterocycles. The van der Waals surface area contributed by atoms with Crippen molar-refractivity contribution in [3.8, 4) is 5.75 Å². The predicted molar refractivity (Wildman–Crippen MR) is 106 cm³/mol. The van der Waals surface area contributed by atoms with Gasteiger partial charge in [0, 0.05) is 13.1 Å². The summed E-state index contributed by atoms with van der Waals surface area (Å²) in [5.74, 6) is -0.166. The van der Waals surface area contributed by atoms with Gasteiger partial charge in [-0.1, -0.05) is 12.1 Å². The van der Waals surface area contributed by atoms with Gasteiger partial charge in [0.05, 0.1) is 22.7 Å². The lowest BCUT2D eigenvalue weighted by Gasteiger charge is -2.34. The fourth-order valence-electron chi connectivity index (χ4n) is 3.20. The molecule has 0 spiro atoms. The van der Waals surface area contributed by atoms with E-state index in [-0.39, 0.29) is 35.8 Å². The summed E-state index contributed by atoms with van der Waals surface area (Å²) in [6, 6.07) is 11.3. The highest BCUT2D eigenvalue weighted by Gasteiger charge is 2.32. The molecule has 0 bridgehead atoms. The van der Waals surface area contributed by atoms with E-state index in [4.69, 9.17) is 9.47 Å². The smallest absolute Gasteiger partial charge is 0.343 e. The first-order valence-corrected chi connectivity index (χ1v) is 10.7. The van der Waals surface area contributed by atoms with E-state index in [2.05, 4.69) is 0 Å². The van der Waals surface area contributed by atoms with Crippen molar-refractivity contribution >= 4 is 16.0 Å². The van der Waals surface area contributed by atoms with Crippen LogP contribution in [-0.2, 0) is 14.8 Å². The van der Waals surface area contributed by atoms with E-state index in [0.29, 0.717) is 5.75 Å². The summed E-state index contributed by atoms with van der Waals surface area (Å²) in [7, 11) is -3.72. The van der Waals surface area contributed by atoms with Crippen molar-refractivity contribution in [3.63, 3.8) is 0 Å². The molecule has 0 aliphatic carbocycles. The van der Waals surface area contributed by atoms with Crippen molar-refractivity contribution in [1.82, 2.24) is 4.31 Å². The SMILES string of the molecule is Cc1ccc(OC(=O)c2cccc(S(=O)(=O)N3C[C@@H](C)O[C@@H](C)C3)c2)cc1C. The van der Waals surface area contributed by atoms with Crippen LogP contribution < -0.4 is 4.74 Å². The van der Waals surface area contributed by atoms with E-state index in [1.165, 1.54) is 16.4 Å². The molecule has 2 atom stereocenters. The molecule has 0 saturated carbocycles. The van der Waals surface area contributed by atoms with Gasteiger partial charge in [-0.05, 0) is 69.2 Å². The number of hydrogen-bond acceptors (Lipinski definition) is 5. The van der Waals surface area contributed by atoms with Gasteiger partial charge in [0.2, 0.25) is 10.0 Å². The molecule has 0 N–H and O–H groups in total. The van der Waals surface area contributed by atoms with Gasteiger partial charge in [-0.15, -0.1) is 0 Å². The first-order valence-electron chi connectivity index (χ1n) is 9.22. The van der Waals surface area contributed by atoms with Gasteiger partial charge in [0.25, 0.3) is 0 Å². The third-order valence-corrected chi connectivity index (χ3v) is 6.61. The van der Waals surface area contributed by atoms with Gasteiger partial charge in [-0.2, -0.15) is 4.31 Å². The van der Waals surface area contributed by atoms with Gasteiger partial charge in [0.15, 0.2) is 0 Å². The largest absolute Gasteiger partial charge is 0.423 e. The van der Waals surface area contributed by atoms with Crippen molar-refractivity contribution in [3.05, 3.63) is 59.2 Å². The molecule has 1 heterocycles. The van der Waals surface area contributed by atoms with Crippen LogP contribution in [0.2, 0.25) is 0 Å². The molecule has 7 heteroatoms. The highest BCUT2D eigenvalue weighted by atomic mass is 32.2. The van der Waals surface area contributed by atoms with E-state index in [1.807, 2.05) is 33.8 Å². The van der Waals surface area contributed by atoms with Crippen molar-refractivity contribution < 1.29 is 22.7 Å². The molecule has 0 aromatic heterocycles. The monoisotopic (exact) mass is 403 g/mol. The lowest BCUT2D eigenvalue weighted by molar-refractivity contribution is -0.0440. The molecule has 6 nitrogen and oxygen atoms in total. The number of carbonyl (C=O) groups excluding carboxylic acids is 1. The standard InChI is InChI=1S/C21H25NO5S/c1-14-8-9-19(10-15(14)2)27-21(23)18-6-5-7-20(11-18)28(24,25)22-12-16(3)26-17(4)13-22/h5-11,16-17H,12-13H2,1-4H3/t16-,17+. The minimum atomic E-state index is -3.72. The summed E-state index contributed by atoms with van der Waals surface area (Å²) < 4.78 is 38.5. The molecule has 2 aromatic carbocycles. The average Bonchev–Trinajstić information content (AvgIpc) is 2.64. The Hall–Kier alpha value is -2.22. The van der Waals surface area contributed by atoms with E-state index in [0.717, 1.165) is 11.1 Å². The Morgan fingerprint density at radius 1 is 1.04 bits per heavy atom. The lowest BCUT2D eigenvalue weighted by Crippen LogP contribution is -2.48. The molecular weight excluding hydrogens is 378 g/mol. The number of carbonyl (C=O) groups is 1. The van der Waals surface area contributed by atoms with E-state index in [9.17, 15) is 13.2 Å². The van der Waals surface area contributed by atoms with E-state index >= 15 is 0 Å². The minimum absolute atomic E-state index is 0.0725. The fraction of sp³-hybridized carbons (Fsp3) is 0.381. The molecule has 1 aliphatic rings. The third-order valence-electron chi connectivity index (χ3n) is 4.78. The summed E-state index contributed by atoms with van der Waals surface area (Å²) >= 11 is 0. The quantitative estimate of drug-likeness (QED) is 0.578. The summed E-state index contributed by atoms with van der Waals surface area (Å²) in [5.41, 5.74) is 2.30. The van der Waals surface area contributed by atoms with E-state index < -0.39 is 16.0 Å². The second-order valence-electron chi connectivity index (χ2n) is 7.24. The Morgan fingerprint density at radius 3 is 2.36 bits per heavy atom. The summed E-state index contributed by atoms with van der Waals surface area (Å²) in [4.78, 5) is 12.6.